The van der Waals surface area contributed by atoms with Gasteiger partial charge in [0, 0.05) is 19.1 Å². The van der Waals surface area contributed by atoms with Crippen molar-refractivity contribution in [1.29, 1.82) is 0 Å². The van der Waals surface area contributed by atoms with Crippen molar-refractivity contribution < 1.29 is 52.8 Å². The molecule has 0 aromatic rings. The molecule has 2 atom stereocenters. The fourth-order valence-electron chi connectivity index (χ4n) is 3.77. The summed E-state index contributed by atoms with van der Waals surface area (Å²) in [7, 11) is 0. The summed E-state index contributed by atoms with van der Waals surface area (Å²) in [6, 6.07) is -1.34. The van der Waals surface area contributed by atoms with Crippen LogP contribution in [-0.2, 0) is 42.9 Å². The molecule has 0 aliphatic rings. The molecule has 0 spiro atoms. The van der Waals surface area contributed by atoms with Crippen molar-refractivity contribution in [2.75, 3.05) is 72.5 Å². The maximum Gasteiger partial charge on any atom is 0.408 e. The van der Waals surface area contributed by atoms with Crippen molar-refractivity contribution in [1.82, 2.24) is 26.6 Å². The Labute approximate surface area is 279 Å². The van der Waals surface area contributed by atoms with Gasteiger partial charge in [0.15, 0.2) is 0 Å². The SMILES string of the molecule is CC(C)NCCCCC(NC(=O)COCCOCCNC(=O)COCCOCCNC(=O)C(NC(=O)OC(C)(C)C)C(C)C)C(=O)O. The summed E-state index contributed by atoms with van der Waals surface area (Å²) in [5.41, 5.74) is -0.671. The molecule has 0 aliphatic heterocycles. The molecule has 47 heavy (non-hydrogen) atoms. The van der Waals surface area contributed by atoms with E-state index < -0.39 is 35.7 Å². The number of carboxylic acid groups (broad SMARTS) is 1. The van der Waals surface area contributed by atoms with E-state index in [1.165, 1.54) is 0 Å². The quantitative estimate of drug-likeness (QED) is 0.0659. The van der Waals surface area contributed by atoms with E-state index in [9.17, 15) is 29.1 Å². The molecule has 0 rings (SSSR count). The first-order chi connectivity index (χ1) is 22.1. The highest BCUT2D eigenvalue weighted by molar-refractivity contribution is 5.86. The van der Waals surface area contributed by atoms with Crippen LogP contribution in [0, 0.1) is 5.92 Å². The lowest BCUT2D eigenvalue weighted by Crippen LogP contribution is -2.51. The average molecular weight is 678 g/mol. The summed E-state index contributed by atoms with van der Waals surface area (Å²) in [5, 5.41) is 23.0. The monoisotopic (exact) mass is 677 g/mol. The fraction of sp³-hybridized carbons (Fsp3) is 0.839. The minimum Gasteiger partial charge on any atom is -0.480 e. The van der Waals surface area contributed by atoms with Gasteiger partial charge < -0.3 is 55.4 Å². The van der Waals surface area contributed by atoms with E-state index >= 15 is 0 Å². The molecular formula is C31H59N5O11. The number of ether oxygens (including phenoxy) is 5. The van der Waals surface area contributed by atoms with Gasteiger partial charge in [-0.2, -0.15) is 0 Å². The van der Waals surface area contributed by atoms with E-state index in [0.29, 0.717) is 18.9 Å². The van der Waals surface area contributed by atoms with Crippen LogP contribution < -0.4 is 26.6 Å². The fourth-order valence-corrected chi connectivity index (χ4v) is 3.77. The van der Waals surface area contributed by atoms with Crippen molar-refractivity contribution in [3.05, 3.63) is 0 Å². The van der Waals surface area contributed by atoms with Gasteiger partial charge >= 0.3 is 12.1 Å². The number of carboxylic acids is 1. The van der Waals surface area contributed by atoms with E-state index in [-0.39, 0.29) is 83.7 Å². The number of hydrogen-bond acceptors (Lipinski definition) is 11. The lowest BCUT2D eigenvalue weighted by atomic mass is 10.0. The highest BCUT2D eigenvalue weighted by Gasteiger charge is 2.26. The minimum atomic E-state index is -1.08. The zero-order valence-electron chi connectivity index (χ0n) is 29.2. The zero-order chi connectivity index (χ0) is 35.7. The number of rotatable bonds is 27. The van der Waals surface area contributed by atoms with Crippen LogP contribution in [0.3, 0.4) is 0 Å². The smallest absolute Gasteiger partial charge is 0.408 e. The maximum absolute atomic E-state index is 12.4. The third kappa shape index (κ3) is 26.7. The van der Waals surface area contributed by atoms with Gasteiger partial charge in [0.2, 0.25) is 17.7 Å². The summed E-state index contributed by atoms with van der Waals surface area (Å²) in [5.74, 6) is -2.40. The van der Waals surface area contributed by atoms with Gasteiger partial charge in [-0.15, -0.1) is 0 Å². The number of hydrogen-bond donors (Lipinski definition) is 6. The number of aliphatic carboxylic acids is 1. The van der Waals surface area contributed by atoms with Crippen molar-refractivity contribution >= 4 is 29.8 Å². The molecule has 0 aliphatic carbocycles. The molecule has 274 valence electrons. The summed E-state index contributed by atoms with van der Waals surface area (Å²) in [4.78, 5) is 59.7. The van der Waals surface area contributed by atoms with Crippen LogP contribution in [0.1, 0.15) is 67.7 Å². The Morgan fingerprint density at radius 3 is 1.77 bits per heavy atom. The largest absolute Gasteiger partial charge is 0.480 e. The van der Waals surface area contributed by atoms with Gasteiger partial charge in [-0.05, 0) is 52.5 Å². The van der Waals surface area contributed by atoms with Crippen LogP contribution in [-0.4, -0.2) is 131 Å². The number of unbranched alkanes of at least 4 members (excludes halogenated alkanes) is 1. The molecule has 0 saturated carbocycles. The minimum absolute atomic E-state index is 0.133. The lowest BCUT2D eigenvalue weighted by Gasteiger charge is -2.25. The Bertz CT molecular complexity index is 913. The molecular weight excluding hydrogens is 618 g/mol. The Morgan fingerprint density at radius 1 is 0.681 bits per heavy atom. The second kappa shape index (κ2) is 26.0. The molecule has 2 unspecified atom stereocenters. The molecule has 0 aromatic carbocycles. The second-order valence-corrected chi connectivity index (χ2v) is 12.4. The van der Waals surface area contributed by atoms with Crippen LogP contribution in [0.2, 0.25) is 0 Å². The molecule has 6 N–H and O–H groups in total. The summed E-state index contributed by atoms with van der Waals surface area (Å²) >= 11 is 0. The van der Waals surface area contributed by atoms with Crippen LogP contribution in [0.5, 0.6) is 0 Å². The molecule has 0 fully saturated rings. The Kier molecular flexibility index (Phi) is 24.3. The number of nitrogens with one attached hydrogen (secondary N) is 5. The highest BCUT2D eigenvalue weighted by Crippen LogP contribution is 2.09. The van der Waals surface area contributed by atoms with Gasteiger partial charge in [0.05, 0.1) is 39.6 Å². The van der Waals surface area contributed by atoms with Crippen LogP contribution in [0.4, 0.5) is 4.79 Å². The van der Waals surface area contributed by atoms with Crippen molar-refractivity contribution in [2.24, 2.45) is 5.92 Å². The number of carbonyl (C=O) groups excluding carboxylic acids is 4. The van der Waals surface area contributed by atoms with Gasteiger partial charge in [-0.25, -0.2) is 9.59 Å². The maximum atomic E-state index is 12.4. The Hall–Kier alpha value is -3.05. The van der Waals surface area contributed by atoms with Gasteiger partial charge in [0.1, 0.15) is 30.9 Å². The lowest BCUT2D eigenvalue weighted by molar-refractivity contribution is -0.142. The van der Waals surface area contributed by atoms with Crippen LogP contribution >= 0.6 is 0 Å². The first-order valence-corrected chi connectivity index (χ1v) is 16.2. The predicted molar refractivity (Wildman–Crippen MR) is 174 cm³/mol. The predicted octanol–water partition coefficient (Wildman–Crippen LogP) is 0.572. The Morgan fingerprint density at radius 2 is 1.23 bits per heavy atom. The topological polar surface area (TPSA) is 212 Å². The third-order valence-electron chi connectivity index (χ3n) is 6.05. The molecule has 0 heterocycles. The van der Waals surface area contributed by atoms with E-state index in [1.807, 2.05) is 27.7 Å². The van der Waals surface area contributed by atoms with Gasteiger partial charge in [0.25, 0.3) is 0 Å². The van der Waals surface area contributed by atoms with Gasteiger partial charge in [-0.1, -0.05) is 27.7 Å². The summed E-state index contributed by atoms with van der Waals surface area (Å²) in [6.45, 7) is 15.0. The van der Waals surface area contributed by atoms with E-state index in [2.05, 4.69) is 26.6 Å². The molecule has 0 aromatic heterocycles. The molecule has 16 heteroatoms. The standard InChI is InChI=1S/C31H59N5O11/c1-22(2)27(36-30(42)47-31(5,6)7)28(39)34-13-15-44-16-18-45-20-25(37)33-12-14-43-17-19-46-21-26(38)35-24(29(40)41)10-8-9-11-32-23(3)4/h22-24,27,32H,8-21H2,1-7H3,(H,33,37)(H,34,39)(H,35,38)(H,36,42)(H,40,41). The molecule has 0 bridgehead atoms. The first-order valence-electron chi connectivity index (χ1n) is 16.2. The van der Waals surface area contributed by atoms with Gasteiger partial charge in [-0.3, -0.25) is 14.4 Å². The second-order valence-electron chi connectivity index (χ2n) is 12.4. The first kappa shape index (κ1) is 43.9. The van der Waals surface area contributed by atoms with Crippen molar-refractivity contribution in [3.8, 4) is 0 Å². The van der Waals surface area contributed by atoms with Crippen LogP contribution in [0.15, 0.2) is 0 Å². The summed E-state index contributed by atoms with van der Waals surface area (Å²) < 4.78 is 26.5. The summed E-state index contributed by atoms with van der Waals surface area (Å²) in [6.07, 6.45) is 1.17. The van der Waals surface area contributed by atoms with E-state index in [1.54, 1.807) is 20.8 Å². The number of carbonyl (C=O) groups is 5. The number of amides is 4. The van der Waals surface area contributed by atoms with Crippen LogP contribution in [0.25, 0.3) is 0 Å². The molecule has 16 nitrogen and oxygen atoms in total. The van der Waals surface area contributed by atoms with E-state index in [4.69, 9.17) is 23.7 Å². The highest BCUT2D eigenvalue weighted by atomic mass is 16.6. The average Bonchev–Trinajstić information content (AvgIpc) is 2.96. The normalized spacial score (nSPS) is 12.8. The number of alkyl carbamates (subject to hydrolysis) is 1. The third-order valence-corrected chi connectivity index (χ3v) is 6.05. The zero-order valence-corrected chi connectivity index (χ0v) is 29.2. The van der Waals surface area contributed by atoms with Crippen molar-refractivity contribution in [2.45, 2.75) is 91.5 Å². The van der Waals surface area contributed by atoms with Crippen molar-refractivity contribution in [3.63, 3.8) is 0 Å². The Balaban J connectivity index is 3.80. The molecule has 0 radical (unpaired) electrons. The molecule has 0 saturated heterocycles. The molecule has 4 amide bonds. The van der Waals surface area contributed by atoms with E-state index in [0.717, 1.165) is 13.0 Å².